The van der Waals surface area contributed by atoms with Crippen molar-refractivity contribution in [2.24, 2.45) is 0 Å². The fraction of sp³-hybridized carbons (Fsp3) is 0.571. The molecule has 1 rings (SSSR count). The first kappa shape index (κ1) is 16.9. The Hall–Kier alpha value is -2.18. The summed E-state index contributed by atoms with van der Waals surface area (Å²) >= 11 is 0. The van der Waals surface area contributed by atoms with Crippen LogP contribution in [-0.4, -0.2) is 33.6 Å². The molecule has 0 N–H and O–H groups in total. The number of nitrogens with zero attached hydrogens (tertiary/aromatic N) is 3. The van der Waals surface area contributed by atoms with E-state index in [0.29, 0.717) is 0 Å². The van der Waals surface area contributed by atoms with Gasteiger partial charge in [-0.05, 0) is 53.7 Å². The fourth-order valence-electron chi connectivity index (χ4n) is 1.29. The summed E-state index contributed by atoms with van der Waals surface area (Å²) in [6.07, 6.45) is -0.291. The Kier molecular flexibility index (Phi) is 4.88. The van der Waals surface area contributed by atoms with Gasteiger partial charge in [0.1, 0.15) is 11.2 Å². The molecule has 7 nitrogen and oxygen atoms in total. The SMILES string of the molecule is CC(C)(C)OC(=O)N(C(=O)OC(C)(C)C)c1cccnn1. The summed E-state index contributed by atoms with van der Waals surface area (Å²) < 4.78 is 10.4. The van der Waals surface area contributed by atoms with Gasteiger partial charge in [0, 0.05) is 6.20 Å². The van der Waals surface area contributed by atoms with Gasteiger partial charge in [0.25, 0.3) is 0 Å². The van der Waals surface area contributed by atoms with Crippen LogP contribution in [0.1, 0.15) is 41.5 Å². The highest BCUT2D eigenvalue weighted by Gasteiger charge is 2.33. The lowest BCUT2D eigenvalue weighted by atomic mass is 10.2. The molecule has 2 amide bonds. The molecule has 0 aromatic carbocycles. The van der Waals surface area contributed by atoms with Crippen molar-refractivity contribution in [3.63, 3.8) is 0 Å². The van der Waals surface area contributed by atoms with Crippen LogP contribution < -0.4 is 4.90 Å². The molecule has 21 heavy (non-hydrogen) atoms. The minimum Gasteiger partial charge on any atom is -0.443 e. The topological polar surface area (TPSA) is 81.6 Å². The molecule has 0 bridgehead atoms. The van der Waals surface area contributed by atoms with Crippen molar-refractivity contribution in [1.82, 2.24) is 10.2 Å². The van der Waals surface area contributed by atoms with Crippen LogP contribution in [0.3, 0.4) is 0 Å². The number of ether oxygens (including phenoxy) is 2. The van der Waals surface area contributed by atoms with Gasteiger partial charge in [0.15, 0.2) is 5.82 Å². The lowest BCUT2D eigenvalue weighted by molar-refractivity contribution is 0.0428. The lowest BCUT2D eigenvalue weighted by Gasteiger charge is -2.27. The second-order valence-electron chi connectivity index (χ2n) is 6.38. The molecule has 7 heteroatoms. The summed E-state index contributed by atoms with van der Waals surface area (Å²) in [4.78, 5) is 25.2. The molecule has 0 unspecified atom stereocenters. The molecule has 0 aliphatic rings. The Labute approximate surface area is 124 Å². The maximum absolute atomic E-state index is 12.2. The van der Waals surface area contributed by atoms with Gasteiger partial charge in [-0.2, -0.15) is 10.00 Å². The van der Waals surface area contributed by atoms with Crippen LogP contribution in [-0.2, 0) is 9.47 Å². The molecule has 0 atom stereocenters. The van der Waals surface area contributed by atoms with Crippen molar-refractivity contribution in [2.45, 2.75) is 52.7 Å². The standard InChI is InChI=1S/C14H21N3O4/c1-13(2,3)20-11(18)17(10-8-7-9-15-16-10)12(19)21-14(4,5)6/h7-9H,1-6H3. The molecule has 0 aliphatic carbocycles. The van der Waals surface area contributed by atoms with Crippen molar-refractivity contribution in [3.8, 4) is 0 Å². The number of carbonyl (C=O) groups excluding carboxylic acids is 2. The number of hydrogen-bond donors (Lipinski definition) is 0. The first-order chi connectivity index (χ1) is 9.49. The third kappa shape index (κ3) is 5.76. The minimum absolute atomic E-state index is 0.0426. The monoisotopic (exact) mass is 295 g/mol. The van der Waals surface area contributed by atoms with Crippen LogP contribution in [0.15, 0.2) is 18.3 Å². The zero-order chi connectivity index (χ0) is 16.3. The summed E-state index contributed by atoms with van der Waals surface area (Å²) in [5, 5.41) is 7.41. The van der Waals surface area contributed by atoms with Gasteiger partial charge in [-0.15, -0.1) is 5.10 Å². The molecule has 0 saturated heterocycles. The van der Waals surface area contributed by atoms with E-state index >= 15 is 0 Å². The van der Waals surface area contributed by atoms with E-state index in [0.717, 1.165) is 4.90 Å². The molecule has 116 valence electrons. The highest BCUT2D eigenvalue weighted by Crippen LogP contribution is 2.19. The van der Waals surface area contributed by atoms with Crippen LogP contribution in [0.5, 0.6) is 0 Å². The van der Waals surface area contributed by atoms with E-state index in [1.54, 1.807) is 47.6 Å². The highest BCUT2D eigenvalue weighted by molar-refractivity contribution is 6.08. The summed E-state index contributed by atoms with van der Waals surface area (Å²) in [6, 6.07) is 3.03. The van der Waals surface area contributed by atoms with Gasteiger partial charge in [0.2, 0.25) is 0 Å². The van der Waals surface area contributed by atoms with Gasteiger partial charge < -0.3 is 9.47 Å². The minimum atomic E-state index is -0.864. The molecule has 0 aliphatic heterocycles. The van der Waals surface area contributed by atoms with Crippen molar-refractivity contribution in [2.75, 3.05) is 4.90 Å². The van der Waals surface area contributed by atoms with Crippen molar-refractivity contribution in [3.05, 3.63) is 18.3 Å². The average molecular weight is 295 g/mol. The maximum Gasteiger partial charge on any atom is 0.425 e. The van der Waals surface area contributed by atoms with Gasteiger partial charge in [-0.3, -0.25) is 0 Å². The van der Waals surface area contributed by atoms with Crippen LogP contribution in [0.4, 0.5) is 15.4 Å². The molecular weight excluding hydrogens is 274 g/mol. The van der Waals surface area contributed by atoms with E-state index in [1.165, 1.54) is 12.3 Å². The molecular formula is C14H21N3O4. The first-order valence-electron chi connectivity index (χ1n) is 6.53. The van der Waals surface area contributed by atoms with Crippen LogP contribution in [0.25, 0.3) is 0 Å². The second-order valence-corrected chi connectivity index (χ2v) is 6.38. The maximum atomic E-state index is 12.2. The van der Waals surface area contributed by atoms with E-state index in [-0.39, 0.29) is 5.82 Å². The van der Waals surface area contributed by atoms with E-state index in [1.807, 2.05) is 0 Å². The van der Waals surface area contributed by atoms with E-state index in [9.17, 15) is 9.59 Å². The molecule has 1 heterocycles. The Bertz CT molecular complexity index is 475. The summed E-state index contributed by atoms with van der Waals surface area (Å²) in [5.74, 6) is 0.0426. The largest absolute Gasteiger partial charge is 0.443 e. The molecule has 0 spiro atoms. The van der Waals surface area contributed by atoms with Crippen LogP contribution >= 0.6 is 0 Å². The predicted molar refractivity (Wildman–Crippen MR) is 77.0 cm³/mol. The molecule has 0 saturated carbocycles. The first-order valence-corrected chi connectivity index (χ1v) is 6.53. The van der Waals surface area contributed by atoms with Crippen molar-refractivity contribution in [1.29, 1.82) is 0 Å². The number of carbonyl (C=O) groups is 2. The Morgan fingerprint density at radius 1 is 1.00 bits per heavy atom. The molecule has 0 radical (unpaired) electrons. The lowest BCUT2D eigenvalue weighted by Crippen LogP contribution is -2.44. The zero-order valence-electron chi connectivity index (χ0n) is 13.2. The predicted octanol–water partition coefficient (Wildman–Crippen LogP) is 3.15. The average Bonchev–Trinajstić information content (AvgIpc) is 2.25. The Morgan fingerprint density at radius 2 is 1.48 bits per heavy atom. The second kappa shape index (κ2) is 6.07. The molecule has 1 aromatic rings. The van der Waals surface area contributed by atoms with Crippen molar-refractivity contribution < 1.29 is 19.1 Å². The number of imide groups is 1. The third-order valence-corrected chi connectivity index (χ3v) is 1.94. The number of rotatable bonds is 1. The molecule has 1 aromatic heterocycles. The zero-order valence-corrected chi connectivity index (χ0v) is 13.2. The van der Waals surface area contributed by atoms with E-state index < -0.39 is 23.4 Å². The number of hydrogen-bond acceptors (Lipinski definition) is 6. The molecule has 0 fully saturated rings. The van der Waals surface area contributed by atoms with Gasteiger partial charge in [0.05, 0.1) is 0 Å². The Morgan fingerprint density at radius 3 is 1.81 bits per heavy atom. The number of amides is 2. The Balaban J connectivity index is 3.07. The third-order valence-electron chi connectivity index (χ3n) is 1.94. The van der Waals surface area contributed by atoms with Crippen molar-refractivity contribution >= 4 is 18.0 Å². The summed E-state index contributed by atoms with van der Waals surface area (Å²) in [6.45, 7) is 10.2. The van der Waals surface area contributed by atoms with Gasteiger partial charge >= 0.3 is 12.2 Å². The van der Waals surface area contributed by atoms with Gasteiger partial charge in [-0.25, -0.2) is 9.59 Å². The van der Waals surface area contributed by atoms with Crippen LogP contribution in [0.2, 0.25) is 0 Å². The normalized spacial score (nSPS) is 11.7. The quantitative estimate of drug-likeness (QED) is 0.791. The van der Waals surface area contributed by atoms with E-state index in [4.69, 9.17) is 9.47 Å². The van der Waals surface area contributed by atoms with E-state index in [2.05, 4.69) is 10.2 Å². The number of aromatic nitrogens is 2. The fourth-order valence-corrected chi connectivity index (χ4v) is 1.29. The highest BCUT2D eigenvalue weighted by atomic mass is 16.6. The number of anilines is 1. The summed E-state index contributed by atoms with van der Waals surface area (Å²) in [7, 11) is 0. The smallest absolute Gasteiger partial charge is 0.425 e. The summed E-state index contributed by atoms with van der Waals surface area (Å²) in [5.41, 5.74) is -1.50. The van der Waals surface area contributed by atoms with Crippen LogP contribution in [0, 0.1) is 0 Å². The van der Waals surface area contributed by atoms with Gasteiger partial charge in [-0.1, -0.05) is 0 Å².